The quantitative estimate of drug-likeness (QED) is 0.668. The predicted octanol–water partition coefficient (Wildman–Crippen LogP) is 3.99. The van der Waals surface area contributed by atoms with E-state index in [0.717, 1.165) is 12.1 Å². The van der Waals surface area contributed by atoms with Crippen molar-refractivity contribution in [3.8, 4) is 0 Å². The molecule has 0 bridgehead atoms. The van der Waals surface area contributed by atoms with Crippen LogP contribution in [0.2, 0.25) is 0 Å². The van der Waals surface area contributed by atoms with Crippen molar-refractivity contribution in [2.45, 2.75) is 19.7 Å². The van der Waals surface area contributed by atoms with E-state index in [1.54, 1.807) is 31.2 Å². The van der Waals surface area contributed by atoms with Gasteiger partial charge in [-0.05, 0) is 24.6 Å². The van der Waals surface area contributed by atoms with Crippen LogP contribution in [0.1, 0.15) is 29.2 Å². The van der Waals surface area contributed by atoms with Crippen LogP contribution in [0.3, 0.4) is 0 Å². The summed E-state index contributed by atoms with van der Waals surface area (Å²) >= 11 is 0. The van der Waals surface area contributed by atoms with Crippen molar-refractivity contribution in [2.75, 3.05) is 6.61 Å². The molecule has 0 fully saturated rings. The lowest BCUT2D eigenvalue weighted by Gasteiger charge is -2.12. The molecule has 2 aromatic rings. The minimum absolute atomic E-state index is 0.206. The highest BCUT2D eigenvalue weighted by Crippen LogP contribution is 2.29. The highest BCUT2D eigenvalue weighted by atomic mass is 19.4. The third kappa shape index (κ3) is 4.10. The minimum atomic E-state index is -4.39. The monoisotopic (exact) mass is 323 g/mol. The fourth-order valence-electron chi connectivity index (χ4n) is 2.09. The molecule has 0 radical (unpaired) electrons. The van der Waals surface area contributed by atoms with Crippen molar-refractivity contribution in [1.29, 1.82) is 0 Å². The molecule has 0 aliphatic rings. The molecule has 2 aromatic carbocycles. The Morgan fingerprint density at radius 2 is 1.74 bits per heavy atom. The minimum Gasteiger partial charge on any atom is -0.396 e. The smallest absolute Gasteiger partial charge is 0.396 e. The zero-order valence-electron chi connectivity index (χ0n) is 12.5. The average Bonchev–Trinajstić information content (AvgIpc) is 2.55. The van der Waals surface area contributed by atoms with E-state index >= 15 is 0 Å². The summed E-state index contributed by atoms with van der Waals surface area (Å²) in [5.41, 5.74) is 1.36. The lowest BCUT2D eigenvalue weighted by Crippen LogP contribution is -2.10. The second-order valence-corrected chi connectivity index (χ2v) is 4.75. The molecule has 0 atom stereocenters. The van der Waals surface area contributed by atoms with Crippen molar-refractivity contribution in [3.63, 3.8) is 0 Å². The molecule has 0 saturated heterocycles. The third-order valence-electron chi connectivity index (χ3n) is 3.21. The van der Waals surface area contributed by atoms with Crippen LogP contribution in [0.25, 0.3) is 0 Å². The summed E-state index contributed by atoms with van der Waals surface area (Å²) in [6.45, 7) is 1.87. The largest absolute Gasteiger partial charge is 0.416 e. The standard InChI is InChI=1S/C17H16F3NO2/c1-2-23-21-16(15-6-4-3-5-13(15)11-22)12-7-9-14(10-8-12)17(18,19)20/h3-10,22H,2,11H2,1H3. The number of oxime groups is 1. The molecule has 0 heterocycles. The fourth-order valence-corrected chi connectivity index (χ4v) is 2.09. The first-order chi connectivity index (χ1) is 11.0. The Morgan fingerprint density at radius 3 is 2.30 bits per heavy atom. The van der Waals surface area contributed by atoms with E-state index in [9.17, 15) is 18.3 Å². The first kappa shape index (κ1) is 17.0. The number of aliphatic hydroxyl groups excluding tert-OH is 1. The van der Waals surface area contributed by atoms with Crippen molar-refractivity contribution in [1.82, 2.24) is 0 Å². The summed E-state index contributed by atoms with van der Waals surface area (Å²) in [4.78, 5) is 5.09. The van der Waals surface area contributed by atoms with Gasteiger partial charge < -0.3 is 9.94 Å². The van der Waals surface area contributed by atoms with Crippen LogP contribution in [0.15, 0.2) is 53.7 Å². The van der Waals surface area contributed by atoms with E-state index in [2.05, 4.69) is 5.16 Å². The Balaban J connectivity index is 2.48. The van der Waals surface area contributed by atoms with Crippen molar-refractivity contribution < 1.29 is 23.1 Å². The van der Waals surface area contributed by atoms with E-state index in [4.69, 9.17) is 4.84 Å². The number of hydrogen-bond donors (Lipinski definition) is 1. The second kappa shape index (κ2) is 7.28. The molecule has 2 rings (SSSR count). The zero-order chi connectivity index (χ0) is 16.9. The van der Waals surface area contributed by atoms with E-state index in [1.165, 1.54) is 12.1 Å². The summed E-state index contributed by atoms with van der Waals surface area (Å²) < 4.78 is 38.0. The van der Waals surface area contributed by atoms with E-state index in [0.29, 0.717) is 29.0 Å². The molecule has 0 saturated carbocycles. The number of nitrogens with zero attached hydrogens (tertiary/aromatic N) is 1. The number of hydrogen-bond acceptors (Lipinski definition) is 3. The van der Waals surface area contributed by atoms with E-state index in [-0.39, 0.29) is 6.61 Å². The van der Waals surface area contributed by atoms with Crippen molar-refractivity contribution in [2.24, 2.45) is 5.16 Å². The Hall–Kier alpha value is -2.34. The molecule has 0 amide bonds. The van der Waals surface area contributed by atoms with Crippen LogP contribution in [0.4, 0.5) is 13.2 Å². The molecule has 0 unspecified atom stereocenters. The normalized spacial score (nSPS) is 12.3. The maximum absolute atomic E-state index is 12.7. The van der Waals surface area contributed by atoms with Crippen molar-refractivity contribution in [3.05, 3.63) is 70.8 Å². The van der Waals surface area contributed by atoms with Crippen LogP contribution in [0.5, 0.6) is 0 Å². The van der Waals surface area contributed by atoms with Crippen LogP contribution in [0, 0.1) is 0 Å². The predicted molar refractivity (Wildman–Crippen MR) is 81.1 cm³/mol. The lowest BCUT2D eigenvalue weighted by atomic mass is 9.97. The molecule has 0 aliphatic carbocycles. The summed E-state index contributed by atoms with van der Waals surface area (Å²) in [5, 5.41) is 13.5. The number of alkyl halides is 3. The molecule has 0 aliphatic heterocycles. The summed E-state index contributed by atoms with van der Waals surface area (Å²) in [6, 6.07) is 11.7. The van der Waals surface area contributed by atoms with Gasteiger partial charge in [0.1, 0.15) is 12.3 Å². The van der Waals surface area contributed by atoms with Gasteiger partial charge in [0.15, 0.2) is 0 Å². The topological polar surface area (TPSA) is 41.8 Å². The maximum Gasteiger partial charge on any atom is 0.416 e. The third-order valence-corrected chi connectivity index (χ3v) is 3.21. The molecule has 1 N–H and O–H groups in total. The van der Waals surface area contributed by atoms with Crippen LogP contribution >= 0.6 is 0 Å². The van der Waals surface area contributed by atoms with Gasteiger partial charge in [0.05, 0.1) is 12.2 Å². The van der Waals surface area contributed by atoms with E-state index in [1.807, 2.05) is 0 Å². The first-order valence-electron chi connectivity index (χ1n) is 7.04. The zero-order valence-corrected chi connectivity index (χ0v) is 12.5. The van der Waals surface area contributed by atoms with Gasteiger partial charge in [-0.25, -0.2) is 0 Å². The first-order valence-corrected chi connectivity index (χ1v) is 7.04. The van der Waals surface area contributed by atoms with Gasteiger partial charge in [-0.15, -0.1) is 0 Å². The molecule has 0 aromatic heterocycles. The Morgan fingerprint density at radius 1 is 1.09 bits per heavy atom. The molecular weight excluding hydrogens is 307 g/mol. The average molecular weight is 323 g/mol. The number of halogens is 3. The van der Waals surface area contributed by atoms with Gasteiger partial charge in [0, 0.05) is 11.1 Å². The van der Waals surface area contributed by atoms with E-state index < -0.39 is 11.7 Å². The SMILES string of the molecule is CCON=C(c1ccc(C(F)(F)F)cc1)c1ccccc1CO. The van der Waals surface area contributed by atoms with Gasteiger partial charge >= 0.3 is 6.18 Å². The summed E-state index contributed by atoms with van der Waals surface area (Å²) in [5.74, 6) is 0. The maximum atomic E-state index is 12.7. The molecule has 122 valence electrons. The highest BCUT2D eigenvalue weighted by molar-refractivity contribution is 6.13. The lowest BCUT2D eigenvalue weighted by molar-refractivity contribution is -0.137. The molecule has 6 heteroatoms. The summed E-state index contributed by atoms with van der Waals surface area (Å²) in [7, 11) is 0. The van der Waals surface area contributed by atoms with Crippen LogP contribution < -0.4 is 0 Å². The second-order valence-electron chi connectivity index (χ2n) is 4.75. The Bertz CT molecular complexity index is 679. The molecule has 3 nitrogen and oxygen atoms in total. The number of aliphatic hydroxyl groups is 1. The fraction of sp³-hybridized carbons (Fsp3) is 0.235. The van der Waals surface area contributed by atoms with Crippen LogP contribution in [-0.2, 0) is 17.6 Å². The van der Waals surface area contributed by atoms with Gasteiger partial charge in [0.25, 0.3) is 0 Å². The number of rotatable bonds is 5. The molecule has 23 heavy (non-hydrogen) atoms. The van der Waals surface area contributed by atoms with Gasteiger partial charge in [0.2, 0.25) is 0 Å². The Kier molecular flexibility index (Phi) is 5.39. The number of benzene rings is 2. The highest BCUT2D eigenvalue weighted by Gasteiger charge is 2.30. The van der Waals surface area contributed by atoms with Gasteiger partial charge in [-0.2, -0.15) is 13.2 Å². The van der Waals surface area contributed by atoms with Gasteiger partial charge in [-0.1, -0.05) is 41.6 Å². The molecular formula is C17H16F3NO2. The summed E-state index contributed by atoms with van der Waals surface area (Å²) in [6.07, 6.45) is -4.39. The van der Waals surface area contributed by atoms with Gasteiger partial charge in [-0.3, -0.25) is 0 Å². The van der Waals surface area contributed by atoms with Crippen molar-refractivity contribution >= 4 is 5.71 Å². The molecule has 0 spiro atoms. The Labute approximate surface area is 132 Å². The van der Waals surface area contributed by atoms with Crippen LogP contribution in [-0.4, -0.2) is 17.4 Å².